The van der Waals surface area contributed by atoms with Crippen molar-refractivity contribution in [3.8, 4) is 5.75 Å². The van der Waals surface area contributed by atoms with Crippen LogP contribution in [-0.4, -0.2) is 52.9 Å². The molecule has 8 heteroatoms. The average molecular weight is 298 g/mol. The van der Waals surface area contributed by atoms with Crippen LogP contribution in [-0.2, 0) is 4.79 Å². The Hall–Kier alpha value is -2.35. The summed E-state index contributed by atoms with van der Waals surface area (Å²) in [7, 11) is 1.29. The second kappa shape index (κ2) is 5.96. The molecule has 2 atom stereocenters. The van der Waals surface area contributed by atoms with Crippen LogP contribution in [0, 0.1) is 5.82 Å². The van der Waals surface area contributed by atoms with Gasteiger partial charge in [-0.2, -0.15) is 0 Å². The number of halogens is 1. The zero-order chi connectivity index (χ0) is 15.6. The summed E-state index contributed by atoms with van der Waals surface area (Å²) >= 11 is 0. The van der Waals surface area contributed by atoms with Crippen LogP contribution in [0.25, 0.3) is 0 Å². The van der Waals surface area contributed by atoms with Gasteiger partial charge >= 0.3 is 12.0 Å². The number of aliphatic hydroxyl groups is 1. The Labute approximate surface area is 119 Å². The van der Waals surface area contributed by atoms with Crippen LogP contribution >= 0.6 is 0 Å². The monoisotopic (exact) mass is 298 g/mol. The Kier molecular flexibility index (Phi) is 4.27. The Morgan fingerprint density at radius 2 is 2.19 bits per heavy atom. The van der Waals surface area contributed by atoms with Gasteiger partial charge in [0.2, 0.25) is 0 Å². The van der Waals surface area contributed by atoms with E-state index in [-0.39, 0.29) is 24.4 Å². The van der Waals surface area contributed by atoms with E-state index in [1.165, 1.54) is 19.2 Å². The molecular formula is C13H15FN2O5. The number of aliphatic hydroxyl groups excluding tert-OH is 1. The van der Waals surface area contributed by atoms with Crippen LogP contribution in [0.3, 0.4) is 0 Å². The summed E-state index contributed by atoms with van der Waals surface area (Å²) in [5, 5.41) is 21.0. The normalized spacial score (nSPS) is 21.2. The number of aliphatic carboxylic acids is 1. The molecule has 1 aromatic rings. The van der Waals surface area contributed by atoms with Gasteiger partial charge in [0.15, 0.2) is 11.6 Å². The fraction of sp³-hybridized carbons (Fsp3) is 0.385. The fourth-order valence-electron chi connectivity index (χ4n) is 2.21. The molecule has 0 spiro atoms. The van der Waals surface area contributed by atoms with Crippen molar-refractivity contribution in [2.24, 2.45) is 0 Å². The number of likely N-dealkylation sites (tertiary alicyclic amines) is 1. The molecule has 0 bridgehead atoms. The molecule has 0 saturated carbocycles. The summed E-state index contributed by atoms with van der Waals surface area (Å²) in [6.07, 6.45) is -0.894. The molecule has 1 aliphatic rings. The molecule has 0 aromatic heterocycles. The first-order chi connectivity index (χ1) is 9.92. The standard InChI is InChI=1S/C13H15FN2O5/c1-21-11-4-7(2-3-9(11)14)15-13(20)16-6-8(17)5-10(16)12(18)19/h2-4,8,10,17H,5-6H2,1H3,(H,15,20)(H,18,19). The van der Waals surface area contributed by atoms with Crippen LogP contribution in [0.2, 0.25) is 0 Å². The van der Waals surface area contributed by atoms with Crippen molar-refractivity contribution >= 4 is 17.7 Å². The summed E-state index contributed by atoms with van der Waals surface area (Å²) in [4.78, 5) is 24.2. The van der Waals surface area contributed by atoms with Crippen molar-refractivity contribution in [3.05, 3.63) is 24.0 Å². The topological polar surface area (TPSA) is 99.1 Å². The predicted octanol–water partition coefficient (Wildman–Crippen LogP) is 0.886. The number of nitrogens with one attached hydrogen (secondary N) is 1. The Bertz CT molecular complexity index is 565. The second-order valence-corrected chi connectivity index (χ2v) is 4.68. The number of carboxylic acid groups (broad SMARTS) is 1. The fourth-order valence-corrected chi connectivity index (χ4v) is 2.21. The van der Waals surface area contributed by atoms with Gasteiger partial charge in [-0.15, -0.1) is 0 Å². The van der Waals surface area contributed by atoms with E-state index in [9.17, 15) is 19.1 Å². The number of rotatable bonds is 3. The van der Waals surface area contributed by atoms with Crippen LogP contribution in [0.15, 0.2) is 18.2 Å². The zero-order valence-electron chi connectivity index (χ0n) is 11.2. The quantitative estimate of drug-likeness (QED) is 0.769. The Morgan fingerprint density at radius 1 is 1.48 bits per heavy atom. The maximum absolute atomic E-state index is 13.3. The van der Waals surface area contributed by atoms with Gasteiger partial charge in [-0.25, -0.2) is 14.0 Å². The number of carboxylic acids is 1. The molecule has 1 aromatic carbocycles. The summed E-state index contributed by atoms with van der Waals surface area (Å²) in [5.74, 6) is -1.79. The lowest BCUT2D eigenvalue weighted by Gasteiger charge is -2.21. The molecule has 2 unspecified atom stereocenters. The minimum atomic E-state index is -1.18. The zero-order valence-corrected chi connectivity index (χ0v) is 11.2. The number of urea groups is 1. The molecular weight excluding hydrogens is 283 g/mol. The van der Waals surface area contributed by atoms with E-state index < -0.39 is 30.0 Å². The van der Waals surface area contributed by atoms with Gasteiger partial charge in [-0.3, -0.25) is 0 Å². The second-order valence-electron chi connectivity index (χ2n) is 4.68. The van der Waals surface area contributed by atoms with Gasteiger partial charge in [0.1, 0.15) is 6.04 Å². The number of anilines is 1. The molecule has 2 amide bonds. The first kappa shape index (κ1) is 15.0. The highest BCUT2D eigenvalue weighted by molar-refractivity contribution is 5.93. The first-order valence-electron chi connectivity index (χ1n) is 6.24. The molecule has 0 radical (unpaired) electrons. The summed E-state index contributed by atoms with van der Waals surface area (Å²) < 4.78 is 18.1. The van der Waals surface area contributed by atoms with E-state index in [1.54, 1.807) is 0 Å². The highest BCUT2D eigenvalue weighted by Gasteiger charge is 2.39. The Morgan fingerprint density at radius 3 is 2.81 bits per heavy atom. The number of β-amino-alcohol motifs (C(OH)–C–C–N with tert-alkyl or cyclic N) is 1. The average Bonchev–Trinajstić information content (AvgIpc) is 2.83. The number of ether oxygens (including phenoxy) is 1. The molecule has 21 heavy (non-hydrogen) atoms. The number of carbonyl (C=O) groups excluding carboxylic acids is 1. The van der Waals surface area contributed by atoms with Crippen LogP contribution < -0.4 is 10.1 Å². The van der Waals surface area contributed by atoms with Gasteiger partial charge in [-0.1, -0.05) is 0 Å². The molecule has 3 N–H and O–H groups in total. The number of hydrogen-bond donors (Lipinski definition) is 3. The summed E-state index contributed by atoms with van der Waals surface area (Å²) in [6, 6.07) is 1.99. The lowest BCUT2D eigenvalue weighted by atomic mass is 10.2. The molecule has 1 saturated heterocycles. The third-order valence-electron chi connectivity index (χ3n) is 3.23. The lowest BCUT2D eigenvalue weighted by Crippen LogP contribution is -2.43. The Balaban J connectivity index is 2.12. The van der Waals surface area contributed by atoms with Gasteiger partial charge in [0.25, 0.3) is 0 Å². The number of nitrogens with zero attached hydrogens (tertiary/aromatic N) is 1. The minimum Gasteiger partial charge on any atom is -0.494 e. The minimum absolute atomic E-state index is 0.0184. The van der Waals surface area contributed by atoms with Crippen LogP contribution in [0.5, 0.6) is 5.75 Å². The van der Waals surface area contributed by atoms with Crippen LogP contribution in [0.4, 0.5) is 14.9 Å². The van der Waals surface area contributed by atoms with E-state index in [2.05, 4.69) is 5.32 Å². The van der Waals surface area contributed by atoms with Crippen molar-refractivity contribution in [1.29, 1.82) is 0 Å². The number of carbonyl (C=O) groups is 2. The summed E-state index contributed by atoms with van der Waals surface area (Å²) in [5.41, 5.74) is 0.267. The van der Waals surface area contributed by atoms with Crippen molar-refractivity contribution in [2.45, 2.75) is 18.6 Å². The number of amides is 2. The van der Waals surface area contributed by atoms with E-state index in [4.69, 9.17) is 9.84 Å². The molecule has 0 aliphatic carbocycles. The molecule has 7 nitrogen and oxygen atoms in total. The summed E-state index contributed by atoms with van der Waals surface area (Å²) in [6.45, 7) is -0.0683. The van der Waals surface area contributed by atoms with E-state index in [0.717, 1.165) is 11.0 Å². The lowest BCUT2D eigenvalue weighted by molar-refractivity contribution is -0.141. The first-order valence-corrected chi connectivity index (χ1v) is 6.24. The molecule has 2 rings (SSSR count). The molecule has 1 fully saturated rings. The SMILES string of the molecule is COc1cc(NC(=O)N2CC(O)CC2C(=O)O)ccc1F. The van der Waals surface area contributed by atoms with Gasteiger partial charge in [0, 0.05) is 24.7 Å². The smallest absolute Gasteiger partial charge is 0.326 e. The maximum atomic E-state index is 13.3. The van der Waals surface area contributed by atoms with E-state index in [1.807, 2.05) is 0 Å². The molecule has 1 heterocycles. The van der Waals surface area contributed by atoms with Gasteiger partial charge in [0.05, 0.1) is 13.2 Å². The van der Waals surface area contributed by atoms with Crippen LogP contribution in [0.1, 0.15) is 6.42 Å². The van der Waals surface area contributed by atoms with E-state index >= 15 is 0 Å². The van der Waals surface area contributed by atoms with Gasteiger partial charge < -0.3 is 25.2 Å². The van der Waals surface area contributed by atoms with Crippen molar-refractivity contribution in [1.82, 2.24) is 4.90 Å². The molecule has 114 valence electrons. The number of hydrogen-bond acceptors (Lipinski definition) is 4. The van der Waals surface area contributed by atoms with Crippen molar-refractivity contribution in [2.75, 3.05) is 19.0 Å². The maximum Gasteiger partial charge on any atom is 0.326 e. The number of methoxy groups -OCH3 is 1. The highest BCUT2D eigenvalue weighted by atomic mass is 19.1. The molecule has 1 aliphatic heterocycles. The highest BCUT2D eigenvalue weighted by Crippen LogP contribution is 2.23. The van der Waals surface area contributed by atoms with Gasteiger partial charge in [-0.05, 0) is 12.1 Å². The largest absolute Gasteiger partial charge is 0.494 e. The third-order valence-corrected chi connectivity index (χ3v) is 3.23. The van der Waals surface area contributed by atoms with E-state index in [0.29, 0.717) is 0 Å². The van der Waals surface area contributed by atoms with Crippen molar-refractivity contribution < 1.29 is 28.9 Å². The third kappa shape index (κ3) is 3.22. The predicted molar refractivity (Wildman–Crippen MR) is 70.7 cm³/mol. The number of benzene rings is 1. The van der Waals surface area contributed by atoms with Crippen molar-refractivity contribution in [3.63, 3.8) is 0 Å².